The summed E-state index contributed by atoms with van der Waals surface area (Å²) < 4.78 is 38.8. The van der Waals surface area contributed by atoms with Crippen molar-refractivity contribution in [2.75, 3.05) is 18.5 Å². The number of rotatable bonds is 3. The highest BCUT2D eigenvalue weighted by Gasteiger charge is 2.49. The Bertz CT molecular complexity index is 937. The number of urea groups is 1. The normalized spacial score (nSPS) is 26.8. The summed E-state index contributed by atoms with van der Waals surface area (Å²) in [7, 11) is 1.96. The first-order chi connectivity index (χ1) is 14.2. The molecule has 0 radical (unpaired) electrons. The maximum Gasteiger partial charge on any atom is 0.433 e. The number of alkyl halides is 3. The molecule has 1 saturated heterocycles. The van der Waals surface area contributed by atoms with Gasteiger partial charge in [-0.25, -0.2) is 9.78 Å². The van der Waals surface area contributed by atoms with Crippen molar-refractivity contribution in [2.24, 2.45) is 0 Å². The average Bonchev–Trinajstić information content (AvgIpc) is 3.04. The van der Waals surface area contributed by atoms with Gasteiger partial charge in [-0.2, -0.15) is 13.2 Å². The minimum atomic E-state index is -4.50. The number of amides is 2. The van der Waals surface area contributed by atoms with Gasteiger partial charge in [0.15, 0.2) is 0 Å². The van der Waals surface area contributed by atoms with Crippen molar-refractivity contribution in [3.63, 3.8) is 0 Å². The van der Waals surface area contributed by atoms with Crippen LogP contribution in [0, 0.1) is 6.92 Å². The Hall–Kier alpha value is -2.61. The lowest BCUT2D eigenvalue weighted by atomic mass is 9.69. The standard InChI is InChI=1S/C22H25F3N4O/c1-15-12-18(22(23,24)25)27-13-17(15)29-14-20(28-19(29)30)8-10-21(26-2,11-9-20)16-6-4-3-5-7-16/h3-7,12-13,26H,8-11,14H2,1-2H3,(H,28,30)/t20-,21-. The number of halogens is 3. The molecule has 1 spiro atoms. The van der Waals surface area contributed by atoms with Gasteiger partial charge in [-0.15, -0.1) is 0 Å². The van der Waals surface area contributed by atoms with E-state index < -0.39 is 11.9 Å². The molecule has 30 heavy (non-hydrogen) atoms. The highest BCUT2D eigenvalue weighted by Crippen LogP contribution is 2.44. The Kier molecular flexibility index (Phi) is 5.00. The second kappa shape index (κ2) is 7.27. The van der Waals surface area contributed by atoms with E-state index in [0.29, 0.717) is 17.8 Å². The summed E-state index contributed by atoms with van der Waals surface area (Å²) in [6.45, 7) is 2.00. The van der Waals surface area contributed by atoms with Crippen LogP contribution in [-0.2, 0) is 11.7 Å². The Morgan fingerprint density at radius 3 is 2.37 bits per heavy atom. The Balaban J connectivity index is 1.53. The lowest BCUT2D eigenvalue weighted by molar-refractivity contribution is -0.141. The molecule has 8 heteroatoms. The third-order valence-corrected chi connectivity index (χ3v) is 6.61. The summed E-state index contributed by atoms with van der Waals surface area (Å²) in [5.74, 6) is 0. The fourth-order valence-electron chi connectivity index (χ4n) is 4.77. The van der Waals surface area contributed by atoms with E-state index in [9.17, 15) is 18.0 Å². The number of hydrogen-bond donors (Lipinski definition) is 2. The molecular formula is C22H25F3N4O. The molecular weight excluding hydrogens is 393 g/mol. The number of hydrogen-bond acceptors (Lipinski definition) is 3. The van der Waals surface area contributed by atoms with E-state index in [4.69, 9.17) is 0 Å². The van der Waals surface area contributed by atoms with E-state index in [-0.39, 0.29) is 17.1 Å². The van der Waals surface area contributed by atoms with Gasteiger partial charge in [-0.1, -0.05) is 30.3 Å². The summed E-state index contributed by atoms with van der Waals surface area (Å²) in [6, 6.07) is 11.0. The molecule has 4 rings (SSSR count). The van der Waals surface area contributed by atoms with Crippen LogP contribution in [0.1, 0.15) is 42.5 Å². The molecule has 1 aliphatic heterocycles. The van der Waals surface area contributed by atoms with Gasteiger partial charge in [0.25, 0.3) is 0 Å². The molecule has 2 amide bonds. The number of aryl methyl sites for hydroxylation is 1. The van der Waals surface area contributed by atoms with E-state index in [1.54, 1.807) is 6.92 Å². The smallest absolute Gasteiger partial charge is 0.330 e. The molecule has 2 aromatic rings. The van der Waals surface area contributed by atoms with Gasteiger partial charge in [-0.3, -0.25) is 4.90 Å². The predicted molar refractivity (Wildman–Crippen MR) is 108 cm³/mol. The summed E-state index contributed by atoms with van der Waals surface area (Å²) in [5, 5.41) is 6.59. The van der Waals surface area contributed by atoms with Crippen LogP contribution < -0.4 is 15.5 Å². The molecule has 1 aromatic heterocycles. The van der Waals surface area contributed by atoms with Crippen molar-refractivity contribution in [1.29, 1.82) is 0 Å². The molecule has 1 saturated carbocycles. The van der Waals surface area contributed by atoms with Gasteiger partial charge in [0, 0.05) is 5.54 Å². The van der Waals surface area contributed by atoms with E-state index in [2.05, 4.69) is 27.8 Å². The number of pyridine rings is 1. The molecule has 0 atom stereocenters. The number of carbonyl (C=O) groups excluding carboxylic acids is 1. The zero-order chi connectivity index (χ0) is 21.6. The van der Waals surface area contributed by atoms with Crippen LogP contribution in [0.15, 0.2) is 42.6 Å². The number of carbonyl (C=O) groups is 1. The lowest BCUT2D eigenvalue weighted by Gasteiger charge is -2.45. The molecule has 2 heterocycles. The van der Waals surface area contributed by atoms with E-state index in [1.807, 2.05) is 25.2 Å². The van der Waals surface area contributed by atoms with Gasteiger partial charge in [0.1, 0.15) is 5.69 Å². The topological polar surface area (TPSA) is 57.3 Å². The van der Waals surface area contributed by atoms with Gasteiger partial charge >= 0.3 is 12.2 Å². The quantitative estimate of drug-likeness (QED) is 0.779. The van der Waals surface area contributed by atoms with Crippen LogP contribution in [0.2, 0.25) is 0 Å². The van der Waals surface area contributed by atoms with Crippen molar-refractivity contribution in [2.45, 2.75) is 49.9 Å². The zero-order valence-electron chi connectivity index (χ0n) is 17.0. The zero-order valence-corrected chi connectivity index (χ0v) is 17.0. The third kappa shape index (κ3) is 3.53. The van der Waals surface area contributed by atoms with Crippen LogP contribution in [0.5, 0.6) is 0 Å². The summed E-state index contributed by atoms with van der Waals surface area (Å²) in [4.78, 5) is 17.8. The summed E-state index contributed by atoms with van der Waals surface area (Å²) in [5.41, 5.74) is 0.557. The second-order valence-electron chi connectivity index (χ2n) is 8.35. The first kappa shape index (κ1) is 20.7. The van der Waals surface area contributed by atoms with Crippen LogP contribution in [0.3, 0.4) is 0 Å². The molecule has 1 aliphatic carbocycles. The number of nitrogens with zero attached hydrogens (tertiary/aromatic N) is 2. The lowest BCUT2D eigenvalue weighted by Crippen LogP contribution is -2.53. The molecule has 1 aromatic carbocycles. The maximum absolute atomic E-state index is 12.9. The monoisotopic (exact) mass is 418 g/mol. The Morgan fingerprint density at radius 1 is 1.13 bits per heavy atom. The molecule has 5 nitrogen and oxygen atoms in total. The third-order valence-electron chi connectivity index (χ3n) is 6.61. The van der Waals surface area contributed by atoms with Gasteiger partial charge in [-0.05, 0) is 56.8 Å². The fourth-order valence-corrected chi connectivity index (χ4v) is 4.77. The largest absolute Gasteiger partial charge is 0.433 e. The van der Waals surface area contributed by atoms with Gasteiger partial charge < -0.3 is 10.6 Å². The van der Waals surface area contributed by atoms with Crippen molar-refractivity contribution in [3.8, 4) is 0 Å². The number of aromatic nitrogens is 1. The Labute approximate surface area is 173 Å². The fraction of sp³-hybridized carbons (Fsp3) is 0.455. The van der Waals surface area contributed by atoms with Crippen LogP contribution in [0.4, 0.5) is 23.7 Å². The van der Waals surface area contributed by atoms with E-state index in [1.165, 1.54) is 10.5 Å². The SMILES string of the molecule is CN[C@]1(c2ccccc2)CC[C@@]2(CC1)CN(c1cnc(C(F)(F)F)cc1C)C(=O)N2. The van der Waals surface area contributed by atoms with Crippen molar-refractivity contribution >= 4 is 11.7 Å². The van der Waals surface area contributed by atoms with Crippen molar-refractivity contribution < 1.29 is 18.0 Å². The summed E-state index contributed by atoms with van der Waals surface area (Å²) in [6.07, 6.45) is -0.0928. The maximum atomic E-state index is 12.9. The van der Waals surface area contributed by atoms with Crippen LogP contribution >= 0.6 is 0 Å². The van der Waals surface area contributed by atoms with Gasteiger partial charge in [0.05, 0.1) is 24.0 Å². The van der Waals surface area contributed by atoms with E-state index >= 15 is 0 Å². The molecule has 160 valence electrons. The first-order valence-corrected chi connectivity index (χ1v) is 10.1. The highest BCUT2D eigenvalue weighted by atomic mass is 19.4. The van der Waals surface area contributed by atoms with Crippen molar-refractivity contribution in [1.82, 2.24) is 15.6 Å². The predicted octanol–water partition coefficient (Wildman–Crippen LogP) is 4.37. The Morgan fingerprint density at radius 2 is 1.80 bits per heavy atom. The van der Waals surface area contributed by atoms with Crippen LogP contribution in [-0.4, -0.2) is 30.1 Å². The second-order valence-corrected chi connectivity index (χ2v) is 8.35. The molecule has 0 bridgehead atoms. The summed E-state index contributed by atoms with van der Waals surface area (Å²) >= 11 is 0. The van der Waals surface area contributed by atoms with E-state index in [0.717, 1.165) is 37.9 Å². The first-order valence-electron chi connectivity index (χ1n) is 10.1. The minimum absolute atomic E-state index is 0.142. The molecule has 2 aliphatic rings. The molecule has 2 N–H and O–H groups in total. The van der Waals surface area contributed by atoms with Crippen LogP contribution in [0.25, 0.3) is 0 Å². The van der Waals surface area contributed by atoms with Gasteiger partial charge in [0.2, 0.25) is 0 Å². The average molecular weight is 418 g/mol. The number of anilines is 1. The number of nitrogens with one attached hydrogen (secondary N) is 2. The molecule has 0 unspecified atom stereocenters. The number of benzene rings is 1. The highest BCUT2D eigenvalue weighted by molar-refractivity contribution is 5.95. The molecule has 2 fully saturated rings. The minimum Gasteiger partial charge on any atom is -0.330 e. The van der Waals surface area contributed by atoms with Crippen molar-refractivity contribution in [3.05, 3.63) is 59.4 Å².